The zero-order chi connectivity index (χ0) is 11.5. The van der Waals surface area contributed by atoms with E-state index in [1.165, 1.54) is 0 Å². The standard InChI is InChI=1S/C9H8N7.2ClH/c10-8-13-7(14-9(11)15-8)5-3-1-2-4-6(5)16-12;;/h1-4H,(H4,10,11,13,14,15);2*1H/q+1;;/p-1. The second-order valence-electron chi connectivity index (χ2n) is 2.99. The van der Waals surface area contributed by atoms with Crippen molar-refractivity contribution in [3.05, 3.63) is 29.2 Å². The quantitative estimate of drug-likeness (QED) is 0.623. The van der Waals surface area contributed by atoms with Crippen molar-refractivity contribution in [1.82, 2.24) is 15.0 Å². The molecule has 4 N–H and O–H groups in total. The Bertz CT molecular complexity index is 561. The molecule has 94 valence electrons. The third kappa shape index (κ3) is 3.16. The Labute approximate surface area is 115 Å². The fourth-order valence-corrected chi connectivity index (χ4v) is 1.28. The number of hydrogen-bond donors (Lipinski definition) is 2. The number of anilines is 2. The fourth-order valence-electron chi connectivity index (χ4n) is 1.28. The molecule has 0 aliphatic heterocycles. The van der Waals surface area contributed by atoms with E-state index in [-0.39, 0.29) is 42.5 Å². The van der Waals surface area contributed by atoms with Gasteiger partial charge in [0, 0.05) is 6.07 Å². The maximum absolute atomic E-state index is 8.81. The molecule has 2 aromatic rings. The monoisotopic (exact) mass is 285 g/mol. The summed E-state index contributed by atoms with van der Waals surface area (Å²) in [5.41, 5.74) is 11.8. The van der Waals surface area contributed by atoms with Crippen molar-refractivity contribution in [2.45, 2.75) is 0 Å². The van der Waals surface area contributed by atoms with Crippen molar-refractivity contribution in [1.29, 1.82) is 5.39 Å². The highest BCUT2D eigenvalue weighted by molar-refractivity contribution is 5.85. The molecule has 9 heteroatoms. The second-order valence-corrected chi connectivity index (χ2v) is 2.99. The normalized spacial score (nSPS) is 8.61. The van der Waals surface area contributed by atoms with Crippen molar-refractivity contribution in [2.24, 2.45) is 0 Å². The Morgan fingerprint density at radius 3 is 2.11 bits per heavy atom. The molecule has 1 aromatic carbocycles. The van der Waals surface area contributed by atoms with Gasteiger partial charge in [0.1, 0.15) is 5.56 Å². The molecule has 1 aromatic heterocycles. The molecule has 7 nitrogen and oxygen atoms in total. The molecule has 2 rings (SSSR count). The first-order valence-corrected chi connectivity index (χ1v) is 4.42. The fraction of sp³-hybridized carbons (Fsp3) is 0. The zero-order valence-corrected chi connectivity index (χ0v) is 10.6. The average Bonchev–Trinajstić information content (AvgIpc) is 2.27. The molecule has 0 saturated carbocycles. The van der Waals surface area contributed by atoms with Crippen LogP contribution in [-0.4, -0.2) is 15.0 Å². The first kappa shape index (κ1) is 15.8. The number of rotatable bonds is 1. The van der Waals surface area contributed by atoms with Gasteiger partial charge in [-0.25, -0.2) is 0 Å². The summed E-state index contributed by atoms with van der Waals surface area (Å²) in [7, 11) is 0. The van der Waals surface area contributed by atoms with E-state index < -0.39 is 0 Å². The summed E-state index contributed by atoms with van der Waals surface area (Å²) in [5, 5.41) is 8.81. The van der Waals surface area contributed by atoms with E-state index in [0.29, 0.717) is 11.3 Å². The van der Waals surface area contributed by atoms with Gasteiger partial charge in [0.25, 0.3) is 0 Å². The van der Waals surface area contributed by atoms with E-state index in [0.717, 1.165) is 0 Å². The molecule has 0 bridgehead atoms. The van der Waals surface area contributed by atoms with Crippen LogP contribution in [0.2, 0.25) is 0 Å². The van der Waals surface area contributed by atoms with Crippen LogP contribution in [0.3, 0.4) is 0 Å². The van der Waals surface area contributed by atoms with Crippen LogP contribution in [0.15, 0.2) is 24.3 Å². The summed E-state index contributed by atoms with van der Waals surface area (Å²) in [4.78, 5) is 14.6. The zero-order valence-electron chi connectivity index (χ0n) is 8.99. The number of nitrogen functional groups attached to an aromatic ring is 2. The maximum atomic E-state index is 8.81. The van der Waals surface area contributed by atoms with Crippen LogP contribution in [0.4, 0.5) is 17.6 Å². The van der Waals surface area contributed by atoms with Gasteiger partial charge in [-0.2, -0.15) is 15.0 Å². The van der Waals surface area contributed by atoms with Gasteiger partial charge in [-0.15, -0.1) is 12.4 Å². The molecule has 0 radical (unpaired) electrons. The van der Waals surface area contributed by atoms with Gasteiger partial charge in [0.2, 0.25) is 17.3 Å². The van der Waals surface area contributed by atoms with Gasteiger partial charge in [-0.1, -0.05) is 12.1 Å². The summed E-state index contributed by atoms with van der Waals surface area (Å²) in [6.07, 6.45) is 0. The minimum atomic E-state index is 0. The number of aromatic nitrogens is 3. The lowest BCUT2D eigenvalue weighted by atomic mass is 10.2. The van der Waals surface area contributed by atoms with Crippen molar-refractivity contribution in [2.75, 3.05) is 11.5 Å². The summed E-state index contributed by atoms with van der Waals surface area (Å²) < 4.78 is 0. The SMILES string of the molecule is Cl.N#[N+]c1ccccc1-c1nc(N)nc(N)n1.[Cl-]. The van der Waals surface area contributed by atoms with Gasteiger partial charge in [0.05, 0.1) is 0 Å². The van der Waals surface area contributed by atoms with E-state index in [4.69, 9.17) is 16.9 Å². The molecule has 0 unspecified atom stereocenters. The van der Waals surface area contributed by atoms with E-state index in [1.807, 2.05) is 0 Å². The van der Waals surface area contributed by atoms with Crippen molar-refractivity contribution < 1.29 is 12.4 Å². The van der Waals surface area contributed by atoms with Crippen molar-refractivity contribution in [3.63, 3.8) is 0 Å². The number of nitrogens with two attached hydrogens (primary N) is 2. The molecule has 0 aliphatic rings. The van der Waals surface area contributed by atoms with Crippen LogP contribution in [0.25, 0.3) is 16.4 Å². The molecule has 18 heavy (non-hydrogen) atoms. The number of nitrogens with zero attached hydrogens (tertiary/aromatic N) is 5. The smallest absolute Gasteiger partial charge is 0.395 e. The lowest BCUT2D eigenvalue weighted by Crippen LogP contribution is -3.00. The van der Waals surface area contributed by atoms with E-state index in [1.54, 1.807) is 24.3 Å². The van der Waals surface area contributed by atoms with Gasteiger partial charge < -0.3 is 23.9 Å². The van der Waals surface area contributed by atoms with E-state index in [9.17, 15) is 0 Å². The minimum Gasteiger partial charge on any atom is -1.00 e. The highest BCUT2D eigenvalue weighted by Gasteiger charge is 2.17. The Morgan fingerprint density at radius 1 is 1.00 bits per heavy atom. The summed E-state index contributed by atoms with van der Waals surface area (Å²) in [6, 6.07) is 6.81. The maximum Gasteiger partial charge on any atom is 0.395 e. The molecule has 0 saturated heterocycles. The van der Waals surface area contributed by atoms with Crippen LogP contribution >= 0.6 is 12.4 Å². The van der Waals surface area contributed by atoms with Crippen LogP contribution < -0.4 is 23.9 Å². The average molecular weight is 286 g/mol. The third-order valence-electron chi connectivity index (χ3n) is 1.92. The molecule has 0 amide bonds. The number of benzene rings is 1. The summed E-state index contributed by atoms with van der Waals surface area (Å²) >= 11 is 0. The summed E-state index contributed by atoms with van der Waals surface area (Å²) in [5.74, 6) is 0.323. The first-order chi connectivity index (χ1) is 7.70. The molecular weight excluding hydrogens is 277 g/mol. The molecular formula is C9H9Cl2N7. The Balaban J connectivity index is 0.00000144. The summed E-state index contributed by atoms with van der Waals surface area (Å²) in [6.45, 7) is 0. The topological polar surface area (TPSA) is 119 Å². The second kappa shape index (κ2) is 6.54. The molecule has 0 fully saturated rings. The molecule has 0 aliphatic carbocycles. The molecule has 0 spiro atoms. The largest absolute Gasteiger partial charge is 1.00 e. The van der Waals surface area contributed by atoms with Crippen LogP contribution in [-0.2, 0) is 0 Å². The van der Waals surface area contributed by atoms with Crippen LogP contribution in [0.1, 0.15) is 0 Å². The number of diazo groups is 1. The molecule has 1 heterocycles. The van der Waals surface area contributed by atoms with Gasteiger partial charge in [-0.05, 0) is 6.07 Å². The van der Waals surface area contributed by atoms with Gasteiger partial charge >= 0.3 is 5.69 Å². The van der Waals surface area contributed by atoms with Crippen LogP contribution in [0, 0.1) is 5.39 Å². The third-order valence-corrected chi connectivity index (χ3v) is 1.92. The highest BCUT2D eigenvalue weighted by atomic mass is 35.5. The number of hydrogen-bond acceptors (Lipinski definition) is 6. The molecule has 0 atom stereocenters. The minimum absolute atomic E-state index is 0. The first-order valence-electron chi connectivity index (χ1n) is 4.42. The van der Waals surface area contributed by atoms with Gasteiger partial charge in [0.15, 0.2) is 10.8 Å². The van der Waals surface area contributed by atoms with Crippen LogP contribution in [0.5, 0.6) is 0 Å². The predicted molar refractivity (Wildman–Crippen MR) is 66.1 cm³/mol. The Morgan fingerprint density at radius 2 is 1.56 bits per heavy atom. The van der Waals surface area contributed by atoms with Crippen molar-refractivity contribution in [3.8, 4) is 11.4 Å². The van der Waals surface area contributed by atoms with Gasteiger partial charge in [-0.3, -0.25) is 0 Å². The van der Waals surface area contributed by atoms with E-state index in [2.05, 4.69) is 19.9 Å². The number of halogens is 2. The highest BCUT2D eigenvalue weighted by Crippen LogP contribution is 2.27. The Hall–Kier alpha value is -2.17. The van der Waals surface area contributed by atoms with Crippen molar-refractivity contribution >= 4 is 30.0 Å². The lowest BCUT2D eigenvalue weighted by Gasteiger charge is -1.99. The Kier molecular flexibility index (Phi) is 5.75. The predicted octanol–water partition coefficient (Wildman–Crippen LogP) is -1.39. The van der Waals surface area contributed by atoms with E-state index >= 15 is 0 Å². The lowest BCUT2D eigenvalue weighted by molar-refractivity contribution is -0.00000406.